The number of rotatable bonds is 5. The molecule has 5 nitrogen and oxygen atoms in total. The minimum absolute atomic E-state index is 0.119. The standard InChI is InChI=1S/C13H27N3O2S/c1-12-10-15-8-4-3-6-13(15)11-16(12)19(17,18)9-5-7-14-2/h12-14H,3-11H2,1-2H3. The van der Waals surface area contributed by atoms with E-state index in [1.807, 2.05) is 14.0 Å². The quantitative estimate of drug-likeness (QED) is 0.748. The highest BCUT2D eigenvalue weighted by Gasteiger charge is 2.38. The number of piperidine rings is 1. The molecular weight excluding hydrogens is 262 g/mol. The second-order valence-corrected chi connectivity index (χ2v) is 7.88. The van der Waals surface area contributed by atoms with Crippen LogP contribution in [0.4, 0.5) is 0 Å². The second kappa shape index (κ2) is 6.52. The fourth-order valence-corrected chi connectivity index (χ4v) is 5.02. The highest BCUT2D eigenvalue weighted by atomic mass is 32.2. The fourth-order valence-electron chi connectivity index (χ4n) is 3.26. The van der Waals surface area contributed by atoms with Gasteiger partial charge in [0.1, 0.15) is 0 Å². The van der Waals surface area contributed by atoms with Crippen LogP contribution in [0.25, 0.3) is 0 Å². The number of sulfonamides is 1. The fraction of sp³-hybridized carbons (Fsp3) is 1.00. The molecule has 1 N–H and O–H groups in total. The Labute approximate surface area is 117 Å². The van der Waals surface area contributed by atoms with E-state index in [1.165, 1.54) is 12.8 Å². The zero-order valence-corrected chi connectivity index (χ0v) is 13.0. The summed E-state index contributed by atoms with van der Waals surface area (Å²) in [5.41, 5.74) is 0. The van der Waals surface area contributed by atoms with Gasteiger partial charge in [-0.2, -0.15) is 4.31 Å². The molecule has 0 spiro atoms. The average Bonchev–Trinajstić information content (AvgIpc) is 2.38. The molecule has 0 aromatic rings. The minimum Gasteiger partial charge on any atom is -0.320 e. The first kappa shape index (κ1) is 15.2. The van der Waals surface area contributed by atoms with E-state index in [2.05, 4.69) is 10.2 Å². The first-order valence-corrected chi connectivity index (χ1v) is 9.03. The van der Waals surface area contributed by atoms with Crippen molar-refractivity contribution in [2.75, 3.05) is 39.0 Å². The van der Waals surface area contributed by atoms with Gasteiger partial charge in [-0.05, 0) is 46.3 Å². The van der Waals surface area contributed by atoms with Gasteiger partial charge in [0, 0.05) is 25.2 Å². The topological polar surface area (TPSA) is 52.7 Å². The Bertz CT molecular complexity index is 385. The molecule has 2 saturated heterocycles. The predicted molar refractivity (Wildman–Crippen MR) is 77.7 cm³/mol. The van der Waals surface area contributed by atoms with Gasteiger partial charge < -0.3 is 5.32 Å². The molecule has 2 unspecified atom stereocenters. The maximum atomic E-state index is 12.4. The van der Waals surface area contributed by atoms with Crippen LogP contribution in [0.2, 0.25) is 0 Å². The van der Waals surface area contributed by atoms with Crippen LogP contribution in [-0.2, 0) is 10.0 Å². The molecule has 0 bridgehead atoms. The molecule has 112 valence electrons. The van der Waals surface area contributed by atoms with Gasteiger partial charge in [-0.3, -0.25) is 4.90 Å². The summed E-state index contributed by atoms with van der Waals surface area (Å²) in [6.45, 7) is 5.54. The Morgan fingerprint density at radius 2 is 2.05 bits per heavy atom. The van der Waals surface area contributed by atoms with Gasteiger partial charge in [-0.1, -0.05) is 6.42 Å². The Morgan fingerprint density at radius 1 is 1.26 bits per heavy atom. The third-order valence-electron chi connectivity index (χ3n) is 4.32. The molecule has 2 atom stereocenters. The summed E-state index contributed by atoms with van der Waals surface area (Å²) in [7, 11) is -1.23. The normalized spacial score (nSPS) is 30.2. The number of fused-ring (bicyclic) bond motifs is 1. The Hall–Kier alpha value is -0.170. The van der Waals surface area contributed by atoms with Crippen LogP contribution in [0, 0.1) is 0 Å². The van der Waals surface area contributed by atoms with Gasteiger partial charge in [0.2, 0.25) is 10.0 Å². The molecular formula is C13H27N3O2S. The molecule has 0 aromatic heterocycles. The summed E-state index contributed by atoms with van der Waals surface area (Å²) in [5.74, 6) is 0.269. The Morgan fingerprint density at radius 3 is 2.79 bits per heavy atom. The molecule has 0 aliphatic carbocycles. The van der Waals surface area contributed by atoms with Crippen LogP contribution in [-0.4, -0.2) is 68.7 Å². The van der Waals surface area contributed by atoms with E-state index in [1.54, 1.807) is 4.31 Å². The molecule has 2 aliphatic rings. The van der Waals surface area contributed by atoms with E-state index in [9.17, 15) is 8.42 Å². The predicted octanol–water partition coefficient (Wildman–Crippen LogP) is 0.484. The number of nitrogens with one attached hydrogen (secondary N) is 1. The summed E-state index contributed by atoms with van der Waals surface area (Å²) in [6.07, 6.45) is 4.34. The first-order valence-electron chi connectivity index (χ1n) is 7.43. The maximum absolute atomic E-state index is 12.4. The first-order chi connectivity index (χ1) is 9.04. The van der Waals surface area contributed by atoms with Crippen molar-refractivity contribution in [3.05, 3.63) is 0 Å². The number of hydrogen-bond donors (Lipinski definition) is 1. The van der Waals surface area contributed by atoms with Crippen molar-refractivity contribution in [1.82, 2.24) is 14.5 Å². The molecule has 6 heteroatoms. The third-order valence-corrected chi connectivity index (χ3v) is 6.34. The lowest BCUT2D eigenvalue weighted by atomic mass is 9.99. The zero-order valence-electron chi connectivity index (χ0n) is 12.1. The van der Waals surface area contributed by atoms with Crippen molar-refractivity contribution < 1.29 is 8.42 Å². The second-order valence-electron chi connectivity index (χ2n) is 5.84. The molecule has 0 amide bonds. The minimum atomic E-state index is -3.09. The van der Waals surface area contributed by atoms with Crippen molar-refractivity contribution >= 4 is 10.0 Å². The SMILES string of the molecule is CNCCCS(=O)(=O)N1CC2CCCCN2CC1C. The Balaban J connectivity index is 1.98. The van der Waals surface area contributed by atoms with Gasteiger partial charge in [-0.25, -0.2) is 8.42 Å². The van der Waals surface area contributed by atoms with Crippen LogP contribution in [0.1, 0.15) is 32.6 Å². The highest BCUT2D eigenvalue weighted by Crippen LogP contribution is 2.26. The molecule has 0 saturated carbocycles. The van der Waals surface area contributed by atoms with Gasteiger partial charge in [0.15, 0.2) is 0 Å². The third kappa shape index (κ3) is 3.68. The van der Waals surface area contributed by atoms with Crippen LogP contribution >= 0.6 is 0 Å². The van der Waals surface area contributed by atoms with Gasteiger partial charge in [0.25, 0.3) is 0 Å². The van der Waals surface area contributed by atoms with Crippen molar-refractivity contribution in [3.63, 3.8) is 0 Å². The van der Waals surface area contributed by atoms with Crippen LogP contribution < -0.4 is 5.32 Å². The molecule has 19 heavy (non-hydrogen) atoms. The summed E-state index contributed by atoms with van der Waals surface area (Å²) in [5, 5.41) is 3.01. The summed E-state index contributed by atoms with van der Waals surface area (Å²) in [4.78, 5) is 2.48. The van der Waals surface area contributed by atoms with E-state index in [0.29, 0.717) is 19.0 Å². The molecule has 2 heterocycles. The van der Waals surface area contributed by atoms with Gasteiger partial charge >= 0.3 is 0 Å². The van der Waals surface area contributed by atoms with Crippen molar-refractivity contribution in [2.24, 2.45) is 0 Å². The zero-order chi connectivity index (χ0) is 13.9. The number of hydrogen-bond acceptors (Lipinski definition) is 4. The molecule has 2 aliphatic heterocycles. The van der Waals surface area contributed by atoms with Gasteiger partial charge in [0.05, 0.1) is 5.75 Å². The highest BCUT2D eigenvalue weighted by molar-refractivity contribution is 7.89. The lowest BCUT2D eigenvalue weighted by Crippen LogP contribution is -2.60. The van der Waals surface area contributed by atoms with E-state index in [4.69, 9.17) is 0 Å². The monoisotopic (exact) mass is 289 g/mol. The summed E-state index contributed by atoms with van der Waals surface area (Å²) >= 11 is 0. The molecule has 2 fully saturated rings. The summed E-state index contributed by atoms with van der Waals surface area (Å²) < 4.78 is 26.6. The van der Waals surface area contributed by atoms with E-state index in [-0.39, 0.29) is 11.8 Å². The molecule has 2 rings (SSSR count). The molecule has 0 radical (unpaired) electrons. The van der Waals surface area contributed by atoms with E-state index in [0.717, 1.165) is 26.1 Å². The number of nitrogens with zero attached hydrogens (tertiary/aromatic N) is 2. The average molecular weight is 289 g/mol. The van der Waals surface area contributed by atoms with E-state index < -0.39 is 10.0 Å². The molecule has 0 aromatic carbocycles. The van der Waals surface area contributed by atoms with E-state index >= 15 is 0 Å². The lowest BCUT2D eigenvalue weighted by molar-refractivity contribution is 0.0564. The van der Waals surface area contributed by atoms with Crippen molar-refractivity contribution in [1.29, 1.82) is 0 Å². The van der Waals surface area contributed by atoms with Crippen LogP contribution in [0.3, 0.4) is 0 Å². The maximum Gasteiger partial charge on any atom is 0.214 e. The van der Waals surface area contributed by atoms with Crippen LogP contribution in [0.15, 0.2) is 0 Å². The van der Waals surface area contributed by atoms with Crippen LogP contribution in [0.5, 0.6) is 0 Å². The largest absolute Gasteiger partial charge is 0.320 e. The van der Waals surface area contributed by atoms with Crippen molar-refractivity contribution in [2.45, 2.75) is 44.7 Å². The Kier molecular flexibility index (Phi) is 5.22. The summed E-state index contributed by atoms with van der Waals surface area (Å²) in [6, 6.07) is 0.568. The van der Waals surface area contributed by atoms with Crippen molar-refractivity contribution in [3.8, 4) is 0 Å². The number of piperazine rings is 1. The lowest BCUT2D eigenvalue weighted by Gasteiger charge is -2.46. The van der Waals surface area contributed by atoms with Gasteiger partial charge in [-0.15, -0.1) is 0 Å². The smallest absolute Gasteiger partial charge is 0.214 e.